The third kappa shape index (κ3) is 5.70. The van der Waals surface area contributed by atoms with Crippen molar-refractivity contribution in [2.45, 2.75) is 39.2 Å². The average Bonchev–Trinajstić information content (AvgIpc) is 2.14. The highest BCUT2D eigenvalue weighted by atomic mass is 16.2. The number of carbonyl (C=O) groups is 2. The van der Waals surface area contributed by atoms with E-state index in [4.69, 9.17) is 5.73 Å². The Bertz CT molecular complexity index is 181. The van der Waals surface area contributed by atoms with Crippen LogP contribution in [0.5, 0.6) is 0 Å². The van der Waals surface area contributed by atoms with Gasteiger partial charge in [0, 0.05) is 6.42 Å². The molecule has 0 radical (unpaired) electrons. The topological polar surface area (TPSA) is 72.2 Å². The lowest BCUT2D eigenvalue weighted by molar-refractivity contribution is -0.124. The summed E-state index contributed by atoms with van der Waals surface area (Å²) >= 11 is 0. The maximum atomic E-state index is 11.3. The Morgan fingerprint density at radius 3 is 2.50 bits per heavy atom. The number of amides is 1. The molecule has 0 aromatic carbocycles. The van der Waals surface area contributed by atoms with Crippen LogP contribution in [-0.2, 0) is 9.59 Å². The van der Waals surface area contributed by atoms with Crippen LogP contribution in [0.2, 0.25) is 0 Å². The van der Waals surface area contributed by atoms with Crippen LogP contribution >= 0.6 is 0 Å². The summed E-state index contributed by atoms with van der Waals surface area (Å²) in [4.78, 5) is 21.9. The zero-order chi connectivity index (χ0) is 11.0. The van der Waals surface area contributed by atoms with Crippen LogP contribution in [0.1, 0.15) is 33.1 Å². The van der Waals surface area contributed by atoms with Gasteiger partial charge in [0.2, 0.25) is 5.91 Å². The lowest BCUT2D eigenvalue weighted by atomic mass is 10.1. The first-order valence-electron chi connectivity index (χ1n) is 5.06. The molecule has 0 fully saturated rings. The van der Waals surface area contributed by atoms with Gasteiger partial charge >= 0.3 is 0 Å². The van der Waals surface area contributed by atoms with Crippen molar-refractivity contribution in [3.63, 3.8) is 0 Å². The molecule has 4 nitrogen and oxygen atoms in total. The van der Waals surface area contributed by atoms with E-state index in [-0.39, 0.29) is 17.9 Å². The number of hydrogen-bond acceptors (Lipinski definition) is 3. The fourth-order valence-electron chi connectivity index (χ4n) is 1.05. The van der Waals surface area contributed by atoms with Gasteiger partial charge in [0.05, 0.1) is 6.04 Å². The van der Waals surface area contributed by atoms with Crippen molar-refractivity contribution in [2.24, 2.45) is 11.7 Å². The van der Waals surface area contributed by atoms with Crippen LogP contribution in [0.25, 0.3) is 0 Å². The molecule has 4 heteroatoms. The number of aldehydes is 1. The summed E-state index contributed by atoms with van der Waals surface area (Å²) in [7, 11) is 0. The number of hydrogen-bond donors (Lipinski definition) is 2. The normalized spacial score (nSPS) is 12.6. The average molecular weight is 200 g/mol. The molecule has 0 rings (SSSR count). The fourth-order valence-corrected chi connectivity index (χ4v) is 1.05. The Labute approximate surface area is 85.2 Å². The molecule has 0 aromatic rings. The molecule has 82 valence electrons. The zero-order valence-corrected chi connectivity index (χ0v) is 8.95. The maximum absolute atomic E-state index is 11.3. The molecule has 0 bridgehead atoms. The molecule has 1 amide bonds. The number of rotatable bonds is 7. The van der Waals surface area contributed by atoms with Gasteiger partial charge in [-0.25, -0.2) is 0 Å². The van der Waals surface area contributed by atoms with E-state index >= 15 is 0 Å². The molecule has 3 N–H and O–H groups in total. The molecule has 0 aromatic heterocycles. The highest BCUT2D eigenvalue weighted by Gasteiger charge is 2.14. The smallest absolute Gasteiger partial charge is 0.220 e. The van der Waals surface area contributed by atoms with Gasteiger partial charge in [0.1, 0.15) is 6.29 Å². The van der Waals surface area contributed by atoms with E-state index in [0.29, 0.717) is 13.0 Å². The molecular formula is C10H20N2O2. The fraction of sp³-hybridized carbons (Fsp3) is 0.800. The molecule has 0 saturated carbocycles. The summed E-state index contributed by atoms with van der Waals surface area (Å²) in [6.45, 7) is 4.41. The van der Waals surface area contributed by atoms with Gasteiger partial charge in [0.15, 0.2) is 0 Å². The van der Waals surface area contributed by atoms with Crippen LogP contribution in [0, 0.1) is 5.92 Å². The Morgan fingerprint density at radius 2 is 2.07 bits per heavy atom. The van der Waals surface area contributed by atoms with Crippen molar-refractivity contribution < 1.29 is 9.59 Å². The van der Waals surface area contributed by atoms with Crippen molar-refractivity contribution >= 4 is 12.2 Å². The van der Waals surface area contributed by atoms with Gasteiger partial charge in [-0.1, -0.05) is 13.8 Å². The minimum atomic E-state index is -0.361. The van der Waals surface area contributed by atoms with E-state index in [1.165, 1.54) is 0 Å². The van der Waals surface area contributed by atoms with E-state index in [1.54, 1.807) is 0 Å². The third-order valence-electron chi connectivity index (χ3n) is 2.05. The Morgan fingerprint density at radius 1 is 1.43 bits per heavy atom. The first-order chi connectivity index (χ1) is 6.61. The van der Waals surface area contributed by atoms with Crippen molar-refractivity contribution in [3.05, 3.63) is 0 Å². The monoisotopic (exact) mass is 200 g/mol. The summed E-state index contributed by atoms with van der Waals surface area (Å²) < 4.78 is 0. The van der Waals surface area contributed by atoms with Gasteiger partial charge in [0.25, 0.3) is 0 Å². The summed E-state index contributed by atoms with van der Waals surface area (Å²) in [6.07, 6.45) is 2.87. The predicted molar refractivity (Wildman–Crippen MR) is 55.7 cm³/mol. The molecule has 0 aliphatic heterocycles. The predicted octanol–water partition coefficient (Wildman–Crippen LogP) is 0.455. The van der Waals surface area contributed by atoms with E-state index in [0.717, 1.165) is 19.1 Å². The van der Waals surface area contributed by atoms with E-state index in [1.807, 2.05) is 13.8 Å². The van der Waals surface area contributed by atoms with E-state index < -0.39 is 0 Å². The standard InChI is InChI=1S/C10H20N2O2/c1-8(2)9(7-13)12-10(14)5-3-4-6-11/h7-9H,3-6,11H2,1-2H3,(H,12,14). The molecular weight excluding hydrogens is 180 g/mol. The van der Waals surface area contributed by atoms with Gasteiger partial charge in [-0.3, -0.25) is 4.79 Å². The largest absolute Gasteiger partial charge is 0.346 e. The first-order valence-corrected chi connectivity index (χ1v) is 5.06. The van der Waals surface area contributed by atoms with Crippen LogP contribution < -0.4 is 11.1 Å². The molecule has 14 heavy (non-hydrogen) atoms. The maximum Gasteiger partial charge on any atom is 0.220 e. The molecule has 0 spiro atoms. The third-order valence-corrected chi connectivity index (χ3v) is 2.05. The van der Waals surface area contributed by atoms with Gasteiger partial charge in [-0.15, -0.1) is 0 Å². The summed E-state index contributed by atoms with van der Waals surface area (Å²) in [5.41, 5.74) is 5.30. The molecule has 0 aliphatic carbocycles. The summed E-state index contributed by atoms with van der Waals surface area (Å²) in [5, 5.41) is 2.68. The second-order valence-corrected chi connectivity index (χ2v) is 3.72. The lowest BCUT2D eigenvalue weighted by Crippen LogP contribution is -2.39. The zero-order valence-electron chi connectivity index (χ0n) is 8.95. The minimum absolute atomic E-state index is 0.0655. The van der Waals surface area contributed by atoms with Crippen molar-refractivity contribution in [1.82, 2.24) is 5.32 Å². The van der Waals surface area contributed by atoms with Gasteiger partial charge in [-0.2, -0.15) is 0 Å². The molecule has 0 aliphatic rings. The van der Waals surface area contributed by atoms with Crippen LogP contribution in [0.15, 0.2) is 0 Å². The first kappa shape index (κ1) is 13.1. The van der Waals surface area contributed by atoms with Crippen molar-refractivity contribution in [1.29, 1.82) is 0 Å². The second kappa shape index (κ2) is 7.50. The van der Waals surface area contributed by atoms with Crippen molar-refractivity contribution in [3.8, 4) is 0 Å². The van der Waals surface area contributed by atoms with Crippen molar-refractivity contribution in [2.75, 3.05) is 6.54 Å². The SMILES string of the molecule is CC(C)C(C=O)NC(=O)CCCCN. The molecule has 0 heterocycles. The quantitative estimate of drug-likeness (QED) is 0.463. The Hall–Kier alpha value is -0.900. The Balaban J connectivity index is 3.73. The van der Waals surface area contributed by atoms with Crippen LogP contribution in [0.4, 0.5) is 0 Å². The van der Waals surface area contributed by atoms with Crippen LogP contribution in [-0.4, -0.2) is 24.8 Å². The summed E-state index contributed by atoms with van der Waals surface area (Å²) in [6, 6.07) is -0.361. The number of nitrogens with one attached hydrogen (secondary N) is 1. The second-order valence-electron chi connectivity index (χ2n) is 3.72. The highest BCUT2D eigenvalue weighted by molar-refractivity contribution is 5.79. The van der Waals surface area contributed by atoms with E-state index in [9.17, 15) is 9.59 Å². The number of nitrogens with two attached hydrogens (primary N) is 1. The molecule has 1 atom stereocenters. The minimum Gasteiger partial charge on any atom is -0.346 e. The summed E-state index contributed by atoms with van der Waals surface area (Å²) in [5.74, 6) is 0.0789. The van der Waals surface area contributed by atoms with E-state index in [2.05, 4.69) is 5.32 Å². The number of unbranched alkanes of at least 4 members (excludes halogenated alkanes) is 1. The lowest BCUT2D eigenvalue weighted by Gasteiger charge is -2.15. The van der Waals surface area contributed by atoms with Gasteiger partial charge < -0.3 is 15.8 Å². The number of carbonyl (C=O) groups excluding carboxylic acids is 2. The Kier molecular flexibility index (Phi) is 7.02. The molecule has 0 saturated heterocycles. The highest BCUT2D eigenvalue weighted by Crippen LogP contribution is 2.00. The van der Waals surface area contributed by atoms with Gasteiger partial charge in [-0.05, 0) is 25.3 Å². The molecule has 1 unspecified atom stereocenters. The van der Waals surface area contributed by atoms with Crippen LogP contribution in [0.3, 0.4) is 0 Å².